The van der Waals surface area contributed by atoms with Gasteiger partial charge in [-0.15, -0.1) is 0 Å². The Bertz CT molecular complexity index is 1230. The first kappa shape index (κ1) is 19.7. The highest BCUT2D eigenvalue weighted by Crippen LogP contribution is 2.61. The lowest BCUT2D eigenvalue weighted by atomic mass is 10.1. The van der Waals surface area contributed by atoms with Crippen molar-refractivity contribution in [3.63, 3.8) is 0 Å². The third-order valence-corrected chi connectivity index (χ3v) is 15.2. The van der Waals surface area contributed by atoms with Gasteiger partial charge in [-0.25, -0.2) is 0 Å². The van der Waals surface area contributed by atoms with E-state index in [-0.39, 0.29) is 0 Å². The lowest BCUT2D eigenvalue weighted by Crippen LogP contribution is -2.45. The number of rotatable bonds is 3. The average molecular weight is 455 g/mol. The summed E-state index contributed by atoms with van der Waals surface area (Å²) in [5.41, 5.74) is 3.72. The molecule has 0 bridgehead atoms. The van der Waals surface area contributed by atoms with E-state index in [1.165, 1.54) is 38.3 Å². The van der Waals surface area contributed by atoms with Gasteiger partial charge >= 0.3 is 0 Å². The van der Waals surface area contributed by atoms with E-state index >= 15 is 0 Å². The minimum Gasteiger partial charge on any atom is -0.308 e. The van der Waals surface area contributed by atoms with Crippen molar-refractivity contribution < 1.29 is 0 Å². The van der Waals surface area contributed by atoms with E-state index in [0.29, 0.717) is 0 Å². The maximum atomic E-state index is 6.63. The largest absolute Gasteiger partial charge is 0.308 e. The molecule has 0 fully saturated rings. The van der Waals surface area contributed by atoms with E-state index < -0.39 is 12.2 Å². The zero-order valence-electron chi connectivity index (χ0n) is 16.9. The van der Waals surface area contributed by atoms with Crippen LogP contribution in [0.3, 0.4) is 0 Å². The lowest BCUT2D eigenvalue weighted by Gasteiger charge is -2.48. The van der Waals surface area contributed by atoms with Gasteiger partial charge in [-0.3, -0.25) is 4.67 Å². The molecule has 2 unspecified atom stereocenters. The zero-order valence-corrected chi connectivity index (χ0v) is 20.3. The molecule has 148 valence electrons. The molecule has 0 aliphatic carbocycles. The van der Waals surface area contributed by atoms with Crippen LogP contribution in [-0.2, 0) is 23.6 Å². The van der Waals surface area contributed by atoms with Crippen molar-refractivity contribution in [2.75, 3.05) is 24.7 Å². The Kier molecular flexibility index (Phi) is 4.66. The maximum Gasteiger partial charge on any atom is 0.0751 e. The van der Waals surface area contributed by atoms with Crippen molar-refractivity contribution in [2.45, 2.75) is 13.8 Å². The topological polar surface area (TPSA) is 6.48 Å². The summed E-state index contributed by atoms with van der Waals surface area (Å²) in [7, 11) is 0. The molecule has 3 aromatic carbocycles. The molecule has 0 N–H and O–H groups in total. The summed E-state index contributed by atoms with van der Waals surface area (Å²) in [5.74, 6) is 0. The highest BCUT2D eigenvalue weighted by molar-refractivity contribution is 8.22. The predicted molar refractivity (Wildman–Crippen MR) is 137 cm³/mol. The van der Waals surface area contributed by atoms with Crippen molar-refractivity contribution in [1.29, 1.82) is 0 Å². The van der Waals surface area contributed by atoms with Crippen LogP contribution in [0.15, 0.2) is 66.7 Å². The SMILES string of the molecule is CCN(CC)P1(=S)c2ccccc2N2c3ccccc3P(C)(=S)c3cccc1c32. The second-order valence-electron chi connectivity index (χ2n) is 7.60. The fourth-order valence-corrected chi connectivity index (χ4v) is 12.9. The van der Waals surface area contributed by atoms with Gasteiger partial charge in [-0.1, -0.05) is 92.1 Å². The fourth-order valence-electron chi connectivity index (χ4n) is 4.82. The number of nitrogens with zero attached hydrogens (tertiary/aromatic N) is 2. The third-order valence-electron chi connectivity index (χ3n) is 6.16. The van der Waals surface area contributed by atoms with Gasteiger partial charge in [0.25, 0.3) is 0 Å². The Hall–Kier alpha value is -1.28. The van der Waals surface area contributed by atoms with Crippen molar-refractivity contribution in [3.05, 3.63) is 66.7 Å². The summed E-state index contributed by atoms with van der Waals surface area (Å²) >= 11 is 13.0. The summed E-state index contributed by atoms with van der Waals surface area (Å²) in [5, 5.41) is 5.20. The standard InChI is InChI=1S/C23H24N2P2S2/c1-4-24(5-2)27(29)20-14-9-7-12-18(20)25-17-11-6-8-13-19(17)26(3,28)21-15-10-16-22(27)23(21)25/h6-16H,4-5H2,1-3H3. The van der Waals surface area contributed by atoms with Crippen molar-refractivity contribution >= 4 is 74.1 Å². The molecule has 0 saturated carbocycles. The summed E-state index contributed by atoms with van der Waals surface area (Å²) in [6, 6.07) is 22.3. The molecule has 2 nitrogen and oxygen atoms in total. The molecule has 2 atom stereocenters. The second kappa shape index (κ2) is 6.87. The van der Waals surface area contributed by atoms with Crippen LogP contribution in [0.4, 0.5) is 17.1 Å². The van der Waals surface area contributed by atoms with Gasteiger partial charge in [0.1, 0.15) is 0 Å². The highest BCUT2D eigenvalue weighted by atomic mass is 32.4. The number of hydrogen-bond acceptors (Lipinski definition) is 3. The number of benzene rings is 3. The Labute approximate surface area is 183 Å². The van der Waals surface area contributed by atoms with Crippen LogP contribution in [0, 0.1) is 0 Å². The first-order valence-electron chi connectivity index (χ1n) is 10.0. The minimum absolute atomic E-state index is 0.947. The van der Waals surface area contributed by atoms with E-state index in [0.717, 1.165) is 13.1 Å². The van der Waals surface area contributed by atoms with E-state index in [1.807, 2.05) is 0 Å². The number of fused-ring (bicyclic) bond motifs is 4. The van der Waals surface area contributed by atoms with Crippen LogP contribution in [0.2, 0.25) is 0 Å². The summed E-state index contributed by atoms with van der Waals surface area (Å²) < 4.78 is 2.51. The van der Waals surface area contributed by atoms with Gasteiger partial charge in [-0.05, 0) is 18.8 Å². The first-order valence-corrected chi connectivity index (χ1v) is 16.0. The predicted octanol–water partition coefficient (Wildman–Crippen LogP) is 4.53. The molecule has 2 aliphatic rings. The van der Waals surface area contributed by atoms with Gasteiger partial charge in [0, 0.05) is 40.3 Å². The molecule has 5 rings (SSSR count). The van der Waals surface area contributed by atoms with Crippen LogP contribution in [0.1, 0.15) is 13.8 Å². The van der Waals surface area contributed by atoms with E-state index in [1.54, 1.807) is 0 Å². The van der Waals surface area contributed by atoms with Crippen LogP contribution in [0.25, 0.3) is 0 Å². The maximum absolute atomic E-state index is 6.63. The molecular formula is C23H24N2P2S2. The second-order valence-corrected chi connectivity index (χ2v) is 16.9. The molecular weight excluding hydrogens is 430 g/mol. The van der Waals surface area contributed by atoms with Crippen LogP contribution in [-0.4, -0.2) is 24.4 Å². The summed E-state index contributed by atoms with van der Waals surface area (Å²) in [6.07, 6.45) is -2.12. The molecule has 6 heteroatoms. The minimum atomic E-state index is -2.12. The lowest BCUT2D eigenvalue weighted by molar-refractivity contribution is 0.513. The normalized spacial score (nSPS) is 24.1. The van der Waals surface area contributed by atoms with Gasteiger partial charge in [0.15, 0.2) is 0 Å². The van der Waals surface area contributed by atoms with Crippen molar-refractivity contribution in [3.8, 4) is 0 Å². The Morgan fingerprint density at radius 2 is 1.24 bits per heavy atom. The van der Waals surface area contributed by atoms with E-state index in [4.69, 9.17) is 23.6 Å². The molecule has 0 radical (unpaired) electrons. The molecule has 0 saturated heterocycles. The molecule has 3 aromatic rings. The first-order chi connectivity index (χ1) is 14.0. The van der Waals surface area contributed by atoms with E-state index in [2.05, 4.69) is 96.8 Å². The van der Waals surface area contributed by atoms with Gasteiger partial charge in [0.2, 0.25) is 0 Å². The number of anilines is 3. The Balaban J connectivity index is 1.96. The molecule has 2 aliphatic heterocycles. The third kappa shape index (κ3) is 2.51. The zero-order chi connectivity index (χ0) is 20.4. The fraction of sp³-hybridized carbons (Fsp3) is 0.217. The number of hydrogen-bond donors (Lipinski definition) is 0. The quantitative estimate of drug-likeness (QED) is 0.537. The molecule has 2 heterocycles. The van der Waals surface area contributed by atoms with Crippen molar-refractivity contribution in [1.82, 2.24) is 4.67 Å². The van der Waals surface area contributed by atoms with Gasteiger partial charge in [0.05, 0.1) is 23.3 Å². The average Bonchev–Trinajstić information content (AvgIpc) is 2.74. The van der Waals surface area contributed by atoms with Gasteiger partial charge in [-0.2, -0.15) is 0 Å². The summed E-state index contributed by atoms with van der Waals surface area (Å²) in [4.78, 5) is 2.44. The van der Waals surface area contributed by atoms with Crippen LogP contribution in [0.5, 0.6) is 0 Å². The van der Waals surface area contributed by atoms with E-state index in [9.17, 15) is 0 Å². The Morgan fingerprint density at radius 1 is 0.724 bits per heavy atom. The van der Waals surface area contributed by atoms with Crippen LogP contribution >= 0.6 is 12.2 Å². The van der Waals surface area contributed by atoms with Crippen molar-refractivity contribution in [2.24, 2.45) is 0 Å². The summed E-state index contributed by atoms with van der Waals surface area (Å²) in [6.45, 7) is 8.61. The molecule has 0 spiro atoms. The smallest absolute Gasteiger partial charge is 0.0751 e. The molecule has 0 amide bonds. The molecule has 0 aromatic heterocycles. The molecule has 29 heavy (non-hydrogen) atoms. The highest BCUT2D eigenvalue weighted by Gasteiger charge is 2.44. The van der Waals surface area contributed by atoms with Crippen LogP contribution < -0.4 is 26.1 Å². The monoisotopic (exact) mass is 454 g/mol. The Morgan fingerprint density at radius 3 is 1.90 bits per heavy atom. The van der Waals surface area contributed by atoms with Gasteiger partial charge < -0.3 is 4.90 Å². The number of para-hydroxylation sites is 3.